The van der Waals surface area contributed by atoms with Gasteiger partial charge in [0, 0.05) is 14.1 Å². The fraction of sp³-hybridized carbons (Fsp3) is 0.857. The van der Waals surface area contributed by atoms with Gasteiger partial charge in [-0.1, -0.05) is 0 Å². The summed E-state index contributed by atoms with van der Waals surface area (Å²) in [4.78, 5) is 12.2. The SMILES string of the molecule is CN(C)C(=O)CCOCC(F)F. The molecule has 0 aliphatic rings. The van der Waals surface area contributed by atoms with Crippen molar-refractivity contribution in [3.8, 4) is 0 Å². The summed E-state index contributed by atoms with van der Waals surface area (Å²) in [7, 11) is 3.21. The summed E-state index contributed by atoms with van der Waals surface area (Å²) in [5.41, 5.74) is 0. The van der Waals surface area contributed by atoms with Crippen molar-refractivity contribution >= 4 is 5.91 Å². The second-order valence-corrected chi connectivity index (χ2v) is 2.50. The van der Waals surface area contributed by atoms with Crippen molar-refractivity contribution in [2.24, 2.45) is 0 Å². The van der Waals surface area contributed by atoms with E-state index in [-0.39, 0.29) is 18.9 Å². The minimum absolute atomic E-state index is 0.0569. The Morgan fingerprint density at radius 3 is 2.50 bits per heavy atom. The van der Waals surface area contributed by atoms with Crippen LogP contribution in [-0.4, -0.2) is 44.5 Å². The van der Waals surface area contributed by atoms with Crippen molar-refractivity contribution in [2.45, 2.75) is 12.8 Å². The maximum atomic E-state index is 11.5. The molecule has 0 radical (unpaired) electrons. The largest absolute Gasteiger partial charge is 0.375 e. The second-order valence-electron chi connectivity index (χ2n) is 2.50. The first-order valence-corrected chi connectivity index (χ1v) is 3.60. The smallest absolute Gasteiger partial charge is 0.261 e. The number of amides is 1. The van der Waals surface area contributed by atoms with Gasteiger partial charge in [0.2, 0.25) is 5.91 Å². The predicted molar refractivity (Wildman–Crippen MR) is 40.1 cm³/mol. The van der Waals surface area contributed by atoms with Crippen molar-refractivity contribution < 1.29 is 18.3 Å². The molecule has 5 heteroatoms. The molecule has 0 aliphatic carbocycles. The number of nitrogens with zero attached hydrogens (tertiary/aromatic N) is 1. The van der Waals surface area contributed by atoms with Gasteiger partial charge in [-0.3, -0.25) is 4.79 Å². The van der Waals surface area contributed by atoms with E-state index < -0.39 is 13.0 Å². The molecule has 0 saturated heterocycles. The lowest BCUT2D eigenvalue weighted by Crippen LogP contribution is -2.23. The molecule has 0 rings (SSSR count). The van der Waals surface area contributed by atoms with Crippen LogP contribution in [0.1, 0.15) is 6.42 Å². The highest BCUT2D eigenvalue weighted by Gasteiger charge is 2.05. The van der Waals surface area contributed by atoms with Crippen LogP contribution < -0.4 is 0 Å². The molecule has 0 aliphatic heterocycles. The normalized spacial score (nSPS) is 10.4. The predicted octanol–water partition coefficient (Wildman–Crippen LogP) is 0.746. The van der Waals surface area contributed by atoms with Crippen molar-refractivity contribution in [1.29, 1.82) is 0 Å². The molecule has 0 aromatic carbocycles. The van der Waals surface area contributed by atoms with Gasteiger partial charge in [0.1, 0.15) is 6.61 Å². The molecule has 72 valence electrons. The summed E-state index contributed by atoms with van der Waals surface area (Å²) in [5.74, 6) is -0.121. The molecule has 0 N–H and O–H groups in total. The molecule has 0 fully saturated rings. The van der Waals surface area contributed by atoms with Crippen LogP contribution in [0.5, 0.6) is 0 Å². The first-order chi connectivity index (χ1) is 5.54. The van der Waals surface area contributed by atoms with E-state index in [1.165, 1.54) is 4.90 Å². The molecule has 1 amide bonds. The monoisotopic (exact) mass is 181 g/mol. The number of hydrogen-bond acceptors (Lipinski definition) is 2. The minimum Gasteiger partial charge on any atom is -0.375 e. The average Bonchev–Trinajstić information content (AvgIpc) is 1.97. The van der Waals surface area contributed by atoms with Gasteiger partial charge in [-0.25, -0.2) is 8.78 Å². The zero-order valence-electron chi connectivity index (χ0n) is 7.22. The Morgan fingerprint density at radius 2 is 2.08 bits per heavy atom. The summed E-state index contributed by atoms with van der Waals surface area (Å²) in [6.07, 6.45) is -2.31. The Labute approximate surface area is 70.3 Å². The fourth-order valence-corrected chi connectivity index (χ4v) is 0.556. The van der Waals surface area contributed by atoms with Crippen molar-refractivity contribution in [3.05, 3.63) is 0 Å². The van der Waals surface area contributed by atoms with Gasteiger partial charge < -0.3 is 9.64 Å². The molecule has 0 spiro atoms. The quantitative estimate of drug-likeness (QED) is 0.585. The van der Waals surface area contributed by atoms with Gasteiger partial charge in [-0.05, 0) is 0 Å². The Hall–Kier alpha value is -0.710. The number of ether oxygens (including phenoxy) is 1. The Balaban J connectivity index is 3.26. The van der Waals surface area contributed by atoms with Crippen molar-refractivity contribution in [1.82, 2.24) is 4.90 Å². The third kappa shape index (κ3) is 6.03. The van der Waals surface area contributed by atoms with Crippen molar-refractivity contribution in [2.75, 3.05) is 27.3 Å². The summed E-state index contributed by atoms with van der Waals surface area (Å²) in [6.45, 7) is -0.540. The van der Waals surface area contributed by atoms with Crippen molar-refractivity contribution in [3.63, 3.8) is 0 Å². The van der Waals surface area contributed by atoms with Crippen LogP contribution in [0, 0.1) is 0 Å². The number of hydrogen-bond donors (Lipinski definition) is 0. The van der Waals surface area contributed by atoms with Gasteiger partial charge in [0.25, 0.3) is 6.43 Å². The fourth-order valence-electron chi connectivity index (χ4n) is 0.556. The highest BCUT2D eigenvalue weighted by molar-refractivity contribution is 5.75. The van der Waals surface area contributed by atoms with Crippen LogP contribution in [0.15, 0.2) is 0 Å². The van der Waals surface area contributed by atoms with Crippen LogP contribution in [0.4, 0.5) is 8.78 Å². The second kappa shape index (κ2) is 5.88. The van der Waals surface area contributed by atoms with Crippen LogP contribution >= 0.6 is 0 Å². The zero-order valence-corrected chi connectivity index (χ0v) is 7.22. The number of carbonyl (C=O) groups is 1. The summed E-state index contributed by atoms with van der Waals surface area (Å²) in [5, 5.41) is 0. The lowest BCUT2D eigenvalue weighted by molar-refractivity contribution is -0.130. The highest BCUT2D eigenvalue weighted by Crippen LogP contribution is 1.94. The summed E-state index contributed by atoms with van der Waals surface area (Å²) in [6, 6.07) is 0. The molecular formula is C7H13F2NO2. The van der Waals surface area contributed by atoms with E-state index in [9.17, 15) is 13.6 Å². The molecule has 0 aromatic heterocycles. The van der Waals surface area contributed by atoms with Crippen LogP contribution in [0.3, 0.4) is 0 Å². The third-order valence-corrected chi connectivity index (χ3v) is 1.20. The number of rotatable bonds is 5. The number of carbonyl (C=O) groups excluding carboxylic acids is 1. The van der Waals surface area contributed by atoms with Gasteiger partial charge in [-0.15, -0.1) is 0 Å². The molecule has 0 saturated carbocycles. The Kier molecular flexibility index (Phi) is 5.53. The molecule has 3 nitrogen and oxygen atoms in total. The molecule has 0 bridgehead atoms. The first kappa shape index (κ1) is 11.3. The maximum Gasteiger partial charge on any atom is 0.261 e. The van der Waals surface area contributed by atoms with Crippen LogP contribution in [-0.2, 0) is 9.53 Å². The molecule has 0 unspecified atom stereocenters. The van der Waals surface area contributed by atoms with E-state index in [0.717, 1.165) is 0 Å². The van der Waals surface area contributed by atoms with E-state index in [2.05, 4.69) is 4.74 Å². The molecule has 0 atom stereocenters. The van der Waals surface area contributed by atoms with Gasteiger partial charge in [0.05, 0.1) is 13.0 Å². The standard InChI is InChI=1S/C7H13F2NO2/c1-10(2)7(11)3-4-12-5-6(8)9/h6H,3-5H2,1-2H3. The van der Waals surface area contributed by atoms with Crippen LogP contribution in [0.25, 0.3) is 0 Å². The van der Waals surface area contributed by atoms with E-state index in [1.54, 1.807) is 14.1 Å². The lowest BCUT2D eigenvalue weighted by atomic mass is 10.4. The van der Waals surface area contributed by atoms with Gasteiger partial charge in [0.15, 0.2) is 0 Å². The minimum atomic E-state index is -2.46. The first-order valence-electron chi connectivity index (χ1n) is 3.60. The molecule has 0 aromatic rings. The molecule has 12 heavy (non-hydrogen) atoms. The number of halogens is 2. The van der Waals surface area contributed by atoms with Crippen LogP contribution in [0.2, 0.25) is 0 Å². The van der Waals surface area contributed by atoms with E-state index in [1.807, 2.05) is 0 Å². The van der Waals surface area contributed by atoms with E-state index >= 15 is 0 Å². The summed E-state index contributed by atoms with van der Waals surface area (Å²) >= 11 is 0. The molecular weight excluding hydrogens is 168 g/mol. The van der Waals surface area contributed by atoms with E-state index in [4.69, 9.17) is 0 Å². The molecule has 0 heterocycles. The van der Waals surface area contributed by atoms with Gasteiger partial charge in [-0.2, -0.15) is 0 Å². The lowest BCUT2D eigenvalue weighted by Gasteiger charge is -2.09. The van der Waals surface area contributed by atoms with Gasteiger partial charge >= 0.3 is 0 Å². The Bertz CT molecular complexity index is 139. The van der Waals surface area contributed by atoms with E-state index in [0.29, 0.717) is 0 Å². The number of alkyl halides is 2. The third-order valence-electron chi connectivity index (χ3n) is 1.20. The summed E-state index contributed by atoms with van der Waals surface area (Å²) < 4.78 is 27.5. The average molecular weight is 181 g/mol. The highest BCUT2D eigenvalue weighted by atomic mass is 19.3. The Morgan fingerprint density at radius 1 is 1.50 bits per heavy atom. The zero-order chi connectivity index (χ0) is 9.56. The maximum absolute atomic E-state index is 11.5. The topological polar surface area (TPSA) is 29.5 Å².